The van der Waals surface area contributed by atoms with Gasteiger partial charge < -0.3 is 14.5 Å². The number of aryl methyl sites for hydroxylation is 1. The van der Waals surface area contributed by atoms with Gasteiger partial charge in [0.05, 0.1) is 27.9 Å². The van der Waals surface area contributed by atoms with Gasteiger partial charge >= 0.3 is 0 Å². The van der Waals surface area contributed by atoms with Gasteiger partial charge in [0.25, 0.3) is 0 Å². The molecule has 1 heterocycles. The van der Waals surface area contributed by atoms with E-state index in [1.54, 1.807) is 0 Å². The highest BCUT2D eigenvalue weighted by Gasteiger charge is 2.22. The van der Waals surface area contributed by atoms with E-state index in [9.17, 15) is 0 Å². The molecule has 1 aromatic rings. The molecule has 1 aliphatic carbocycles. The van der Waals surface area contributed by atoms with Crippen LogP contribution >= 0.6 is 15.9 Å². The molecule has 7 heteroatoms. The molecule has 0 saturated heterocycles. The molecular weight excluding hydrogens is 408 g/mol. The second-order valence-corrected chi connectivity index (χ2v) is 8.73. The SMILES string of the molecule is CCN(C)/C=N/c1cc(Br)c(OC2CCC(=NOC(C)(C)C)CC2)nc1C. The maximum Gasteiger partial charge on any atom is 0.228 e. The molecule has 0 radical (unpaired) electrons. The van der Waals surface area contributed by atoms with Crippen molar-refractivity contribution in [3.8, 4) is 5.88 Å². The molecule has 150 valence electrons. The van der Waals surface area contributed by atoms with Crippen LogP contribution in [0, 0.1) is 6.92 Å². The fourth-order valence-corrected chi connectivity index (χ4v) is 2.90. The fraction of sp³-hybridized carbons (Fsp3) is 0.650. The number of hydrogen-bond donors (Lipinski definition) is 0. The number of aliphatic imine (C=N–C) groups is 1. The lowest BCUT2D eigenvalue weighted by molar-refractivity contribution is -0.000429. The van der Waals surface area contributed by atoms with Gasteiger partial charge in [-0.3, -0.25) is 0 Å². The van der Waals surface area contributed by atoms with Gasteiger partial charge in [0.1, 0.15) is 11.7 Å². The van der Waals surface area contributed by atoms with Gasteiger partial charge in [0, 0.05) is 13.6 Å². The first-order chi connectivity index (χ1) is 12.7. The van der Waals surface area contributed by atoms with Crippen LogP contribution in [-0.2, 0) is 4.84 Å². The van der Waals surface area contributed by atoms with E-state index in [1.165, 1.54) is 0 Å². The Labute approximate surface area is 171 Å². The first kappa shape index (κ1) is 21.7. The molecule has 0 aliphatic heterocycles. The summed E-state index contributed by atoms with van der Waals surface area (Å²) >= 11 is 3.57. The highest BCUT2D eigenvalue weighted by Crippen LogP contribution is 2.32. The van der Waals surface area contributed by atoms with Crippen molar-refractivity contribution in [2.45, 2.75) is 72.0 Å². The summed E-state index contributed by atoms with van der Waals surface area (Å²) in [5.74, 6) is 0.631. The number of nitrogens with zero attached hydrogens (tertiary/aromatic N) is 4. The number of halogens is 1. The molecule has 1 fully saturated rings. The van der Waals surface area contributed by atoms with E-state index in [4.69, 9.17) is 9.57 Å². The zero-order valence-electron chi connectivity index (χ0n) is 17.3. The third-order valence-electron chi connectivity index (χ3n) is 4.24. The monoisotopic (exact) mass is 438 g/mol. The zero-order chi connectivity index (χ0) is 20.0. The first-order valence-electron chi connectivity index (χ1n) is 9.50. The van der Waals surface area contributed by atoms with Crippen molar-refractivity contribution in [3.63, 3.8) is 0 Å². The molecule has 1 aliphatic rings. The molecular formula is C20H31BrN4O2. The molecule has 2 rings (SSSR count). The number of hydrogen-bond acceptors (Lipinski definition) is 5. The van der Waals surface area contributed by atoms with Crippen LogP contribution in [0.2, 0.25) is 0 Å². The Balaban J connectivity index is 1.97. The van der Waals surface area contributed by atoms with E-state index in [2.05, 4.69) is 38.0 Å². The van der Waals surface area contributed by atoms with Crippen LogP contribution < -0.4 is 4.74 Å². The van der Waals surface area contributed by atoms with Crippen LogP contribution in [0.3, 0.4) is 0 Å². The molecule has 0 amide bonds. The second kappa shape index (κ2) is 9.53. The summed E-state index contributed by atoms with van der Waals surface area (Å²) in [7, 11) is 1.99. The van der Waals surface area contributed by atoms with Gasteiger partial charge in [-0.25, -0.2) is 9.98 Å². The Morgan fingerprint density at radius 3 is 2.59 bits per heavy atom. The van der Waals surface area contributed by atoms with E-state index in [0.29, 0.717) is 5.88 Å². The van der Waals surface area contributed by atoms with E-state index in [1.807, 2.05) is 52.0 Å². The van der Waals surface area contributed by atoms with Crippen molar-refractivity contribution in [1.29, 1.82) is 0 Å². The predicted octanol–water partition coefficient (Wildman–Crippen LogP) is 5.26. The third kappa shape index (κ3) is 7.13. The summed E-state index contributed by atoms with van der Waals surface area (Å²) in [6, 6.07) is 1.96. The lowest BCUT2D eigenvalue weighted by Gasteiger charge is -2.25. The van der Waals surface area contributed by atoms with Gasteiger partial charge in [-0.1, -0.05) is 5.16 Å². The fourth-order valence-electron chi connectivity index (χ4n) is 2.50. The van der Waals surface area contributed by atoms with E-state index in [0.717, 1.165) is 53.8 Å². The zero-order valence-corrected chi connectivity index (χ0v) is 18.8. The molecule has 1 aromatic heterocycles. The Kier molecular flexibility index (Phi) is 7.65. The second-order valence-electron chi connectivity index (χ2n) is 7.88. The molecule has 27 heavy (non-hydrogen) atoms. The predicted molar refractivity (Wildman–Crippen MR) is 114 cm³/mol. The summed E-state index contributed by atoms with van der Waals surface area (Å²) < 4.78 is 6.97. The summed E-state index contributed by atoms with van der Waals surface area (Å²) in [5, 5.41) is 4.30. The largest absolute Gasteiger partial charge is 0.474 e. The minimum Gasteiger partial charge on any atom is -0.474 e. The maximum atomic E-state index is 6.15. The van der Waals surface area contributed by atoms with Crippen molar-refractivity contribution in [1.82, 2.24) is 9.88 Å². The van der Waals surface area contributed by atoms with E-state index in [-0.39, 0.29) is 11.7 Å². The van der Waals surface area contributed by atoms with E-state index < -0.39 is 0 Å². The molecule has 1 saturated carbocycles. The average Bonchev–Trinajstić information content (AvgIpc) is 2.61. The van der Waals surface area contributed by atoms with Crippen molar-refractivity contribution in [2.75, 3.05) is 13.6 Å². The highest BCUT2D eigenvalue weighted by atomic mass is 79.9. The van der Waals surface area contributed by atoms with Crippen LogP contribution in [0.5, 0.6) is 5.88 Å². The summed E-state index contributed by atoms with van der Waals surface area (Å²) in [6.07, 6.45) is 5.58. The van der Waals surface area contributed by atoms with Crippen molar-refractivity contribution < 1.29 is 9.57 Å². The quantitative estimate of drug-likeness (QED) is 0.345. The summed E-state index contributed by atoms with van der Waals surface area (Å²) in [4.78, 5) is 16.6. The molecule has 0 atom stereocenters. The Hall–Kier alpha value is -1.63. The van der Waals surface area contributed by atoms with Gasteiger partial charge in [-0.15, -0.1) is 0 Å². The van der Waals surface area contributed by atoms with Gasteiger partial charge in [0.15, 0.2) is 0 Å². The number of rotatable bonds is 6. The van der Waals surface area contributed by atoms with Crippen molar-refractivity contribution in [3.05, 3.63) is 16.2 Å². The van der Waals surface area contributed by atoms with Gasteiger partial charge in [-0.2, -0.15) is 0 Å². The number of ether oxygens (including phenoxy) is 1. The van der Waals surface area contributed by atoms with Crippen LogP contribution in [0.25, 0.3) is 0 Å². The van der Waals surface area contributed by atoms with Crippen LogP contribution in [0.15, 0.2) is 20.7 Å². The summed E-state index contributed by atoms with van der Waals surface area (Å²) in [5.41, 5.74) is 2.55. The molecule has 0 aromatic carbocycles. The average molecular weight is 439 g/mol. The van der Waals surface area contributed by atoms with Crippen LogP contribution in [0.4, 0.5) is 5.69 Å². The smallest absolute Gasteiger partial charge is 0.228 e. The number of oxime groups is 1. The molecule has 0 bridgehead atoms. The highest BCUT2D eigenvalue weighted by molar-refractivity contribution is 9.10. The van der Waals surface area contributed by atoms with Crippen LogP contribution in [-0.4, -0.2) is 47.2 Å². The maximum absolute atomic E-state index is 6.15. The minimum absolute atomic E-state index is 0.141. The van der Waals surface area contributed by atoms with Gasteiger partial charge in [0.2, 0.25) is 5.88 Å². The van der Waals surface area contributed by atoms with Crippen molar-refractivity contribution in [2.24, 2.45) is 10.1 Å². The topological polar surface area (TPSA) is 59.3 Å². The molecule has 0 spiro atoms. The van der Waals surface area contributed by atoms with E-state index >= 15 is 0 Å². The number of aromatic nitrogens is 1. The Morgan fingerprint density at radius 2 is 2.00 bits per heavy atom. The molecule has 0 N–H and O–H groups in total. The normalized spacial score (nSPS) is 17.9. The van der Waals surface area contributed by atoms with Crippen molar-refractivity contribution >= 4 is 33.7 Å². The van der Waals surface area contributed by atoms with Crippen LogP contribution in [0.1, 0.15) is 59.1 Å². The summed E-state index contributed by atoms with van der Waals surface area (Å²) in [6.45, 7) is 11.0. The number of pyridine rings is 1. The molecule has 0 unspecified atom stereocenters. The third-order valence-corrected chi connectivity index (χ3v) is 4.81. The van der Waals surface area contributed by atoms with Gasteiger partial charge in [-0.05, 0) is 82.3 Å². The Morgan fingerprint density at radius 1 is 1.33 bits per heavy atom. The first-order valence-corrected chi connectivity index (χ1v) is 10.3. The lowest BCUT2D eigenvalue weighted by atomic mass is 9.96. The standard InChI is InChI=1S/C20H31BrN4O2/c1-7-25(6)13-22-18-12-17(21)19(23-14(18)2)26-16-10-8-15(9-11-16)24-27-20(3,4)5/h12-13,16H,7-11H2,1-6H3/b22-13+,24-15?. The minimum atomic E-state index is -0.247. The molecule has 6 nitrogen and oxygen atoms in total. The Bertz CT molecular complexity index is 688. The lowest BCUT2D eigenvalue weighted by Crippen LogP contribution is -2.26.